The summed E-state index contributed by atoms with van der Waals surface area (Å²) in [7, 11) is 0. The number of thioether (sulfide) groups is 1. The van der Waals surface area contributed by atoms with Crippen molar-refractivity contribution in [2.75, 3.05) is 11.1 Å². The molecule has 1 N–H and O–H groups in total. The molecule has 4 rings (SSSR count). The third-order valence-electron chi connectivity index (χ3n) is 3.13. The second-order valence-electron chi connectivity index (χ2n) is 4.80. The number of amides is 1. The lowest BCUT2D eigenvalue weighted by atomic mass is 10.3. The lowest BCUT2D eigenvalue weighted by Gasteiger charge is -1.99. The average molecular weight is 373 g/mol. The number of carbonyl (C=O) groups excluding carboxylic acids is 1. The van der Waals surface area contributed by atoms with Crippen LogP contribution in [-0.4, -0.2) is 21.6 Å². The van der Waals surface area contributed by atoms with Crippen LogP contribution in [0.2, 0.25) is 0 Å². The maximum absolute atomic E-state index is 12.1. The van der Waals surface area contributed by atoms with Gasteiger partial charge in [0.25, 0.3) is 0 Å². The van der Waals surface area contributed by atoms with Crippen molar-refractivity contribution in [3.63, 3.8) is 0 Å². The van der Waals surface area contributed by atoms with Crippen molar-refractivity contribution < 1.29 is 9.21 Å². The van der Waals surface area contributed by atoms with Crippen molar-refractivity contribution in [3.8, 4) is 11.5 Å². The summed E-state index contributed by atoms with van der Waals surface area (Å²) in [6.45, 7) is 0. The fourth-order valence-electron chi connectivity index (χ4n) is 2.06. The Morgan fingerprint density at radius 3 is 2.96 bits per heavy atom. The molecule has 0 aliphatic heterocycles. The largest absolute Gasteiger partial charge is 0.463 e. The Kier molecular flexibility index (Phi) is 4.33. The van der Waals surface area contributed by atoms with E-state index in [4.69, 9.17) is 4.42 Å². The van der Waals surface area contributed by atoms with Crippen molar-refractivity contribution in [1.82, 2.24) is 9.97 Å². The Morgan fingerprint density at radius 2 is 2.12 bits per heavy atom. The molecule has 24 heavy (non-hydrogen) atoms. The van der Waals surface area contributed by atoms with Crippen LogP contribution in [0.15, 0.2) is 56.8 Å². The molecular weight excluding hydrogens is 362 g/mol. The number of nitrogens with one attached hydrogen (secondary N) is 1. The highest BCUT2D eigenvalue weighted by Gasteiger charge is 2.11. The molecule has 1 aromatic carbocycles. The summed E-state index contributed by atoms with van der Waals surface area (Å²) < 4.78 is 7.31. The third kappa shape index (κ3) is 3.35. The van der Waals surface area contributed by atoms with Gasteiger partial charge >= 0.3 is 0 Å². The van der Waals surface area contributed by atoms with E-state index in [0.717, 1.165) is 20.3 Å². The van der Waals surface area contributed by atoms with Gasteiger partial charge in [-0.15, -0.1) is 22.7 Å². The van der Waals surface area contributed by atoms with Gasteiger partial charge in [0.2, 0.25) is 5.91 Å². The van der Waals surface area contributed by atoms with Crippen molar-refractivity contribution in [2.45, 2.75) is 4.34 Å². The predicted molar refractivity (Wildman–Crippen MR) is 98.8 cm³/mol. The number of furan rings is 1. The van der Waals surface area contributed by atoms with Crippen LogP contribution in [0.1, 0.15) is 0 Å². The first kappa shape index (κ1) is 15.4. The highest BCUT2D eigenvalue weighted by molar-refractivity contribution is 8.01. The van der Waals surface area contributed by atoms with Gasteiger partial charge in [0.05, 0.1) is 22.2 Å². The molecule has 0 saturated carbocycles. The van der Waals surface area contributed by atoms with Crippen LogP contribution in [0.4, 0.5) is 5.13 Å². The van der Waals surface area contributed by atoms with Gasteiger partial charge in [-0.05, 0) is 24.3 Å². The molecule has 120 valence electrons. The second kappa shape index (κ2) is 6.76. The Balaban J connectivity index is 1.36. The maximum Gasteiger partial charge on any atom is 0.236 e. The van der Waals surface area contributed by atoms with Crippen LogP contribution in [0.25, 0.3) is 21.7 Å². The maximum atomic E-state index is 12.1. The summed E-state index contributed by atoms with van der Waals surface area (Å²) >= 11 is 4.40. The Labute approximate surface area is 149 Å². The average Bonchev–Trinajstić information content (AvgIpc) is 3.32. The molecular formula is C16H11N3O2S3. The summed E-state index contributed by atoms with van der Waals surface area (Å²) in [5.41, 5.74) is 1.69. The SMILES string of the molecule is O=C(CSc1nc2ccccc2s1)Nc1nc(-c2ccco2)cs1. The van der Waals surface area contributed by atoms with E-state index in [0.29, 0.717) is 16.6 Å². The standard InChI is InChI=1S/C16H11N3O2S3/c20-14(9-23-16-18-10-4-1-2-6-13(10)24-16)19-15-17-11(8-22-15)12-5-3-7-21-12/h1-8H,9H2,(H,17,19,20). The molecule has 0 spiro atoms. The van der Waals surface area contributed by atoms with Gasteiger partial charge in [-0.1, -0.05) is 23.9 Å². The molecule has 5 nitrogen and oxygen atoms in total. The molecule has 0 aliphatic rings. The first-order valence-corrected chi connectivity index (χ1v) is 9.74. The Hall–Kier alpha value is -2.16. The van der Waals surface area contributed by atoms with Crippen LogP contribution in [0.5, 0.6) is 0 Å². The number of aromatic nitrogens is 2. The van der Waals surface area contributed by atoms with Gasteiger partial charge in [-0.3, -0.25) is 4.79 Å². The van der Waals surface area contributed by atoms with Crippen LogP contribution in [-0.2, 0) is 4.79 Å². The first-order valence-electron chi connectivity index (χ1n) is 7.05. The smallest absolute Gasteiger partial charge is 0.236 e. The van der Waals surface area contributed by atoms with Crippen molar-refractivity contribution in [2.24, 2.45) is 0 Å². The van der Waals surface area contributed by atoms with Crippen LogP contribution in [0, 0.1) is 0 Å². The van der Waals surface area contributed by atoms with Crippen molar-refractivity contribution >= 4 is 55.7 Å². The van der Waals surface area contributed by atoms with Gasteiger partial charge in [0.1, 0.15) is 5.69 Å². The minimum absolute atomic E-state index is 0.0976. The second-order valence-corrected chi connectivity index (χ2v) is 7.91. The lowest BCUT2D eigenvalue weighted by Crippen LogP contribution is -2.13. The van der Waals surface area contributed by atoms with Gasteiger partial charge in [-0.2, -0.15) is 0 Å². The van der Waals surface area contributed by atoms with Crippen LogP contribution in [0.3, 0.4) is 0 Å². The highest BCUT2D eigenvalue weighted by atomic mass is 32.2. The van der Waals surface area contributed by atoms with Crippen LogP contribution >= 0.6 is 34.4 Å². The molecule has 8 heteroatoms. The summed E-state index contributed by atoms with van der Waals surface area (Å²) in [5.74, 6) is 0.894. The molecule has 3 heterocycles. The monoisotopic (exact) mass is 373 g/mol. The van der Waals surface area contributed by atoms with E-state index in [1.807, 2.05) is 41.8 Å². The number of anilines is 1. The fourth-order valence-corrected chi connectivity index (χ4v) is 4.65. The number of hydrogen-bond donors (Lipinski definition) is 1. The van der Waals surface area contributed by atoms with E-state index in [1.54, 1.807) is 17.6 Å². The van der Waals surface area contributed by atoms with Crippen molar-refractivity contribution in [3.05, 3.63) is 48.0 Å². The minimum atomic E-state index is -0.0976. The number of fused-ring (bicyclic) bond motifs is 1. The van der Waals surface area contributed by atoms with Gasteiger partial charge in [-0.25, -0.2) is 9.97 Å². The number of rotatable bonds is 5. The summed E-state index contributed by atoms with van der Waals surface area (Å²) in [6.07, 6.45) is 1.60. The molecule has 0 bridgehead atoms. The number of thiazole rings is 2. The first-order chi connectivity index (χ1) is 11.8. The summed E-state index contributed by atoms with van der Waals surface area (Å²) in [6, 6.07) is 11.6. The number of nitrogens with zero attached hydrogens (tertiary/aromatic N) is 2. The van der Waals surface area contributed by atoms with E-state index < -0.39 is 0 Å². The van der Waals surface area contributed by atoms with E-state index in [9.17, 15) is 4.79 Å². The van der Waals surface area contributed by atoms with Gasteiger partial charge in [0, 0.05) is 5.38 Å². The zero-order valence-corrected chi connectivity index (χ0v) is 14.7. The van der Waals surface area contributed by atoms with Gasteiger partial charge < -0.3 is 9.73 Å². The third-order valence-corrected chi connectivity index (χ3v) is 6.06. The molecule has 3 aromatic heterocycles. The topological polar surface area (TPSA) is 68.0 Å². The highest BCUT2D eigenvalue weighted by Crippen LogP contribution is 2.30. The van der Waals surface area contributed by atoms with E-state index >= 15 is 0 Å². The van der Waals surface area contributed by atoms with E-state index in [1.165, 1.54) is 23.1 Å². The number of para-hydroxylation sites is 1. The number of carbonyl (C=O) groups is 1. The lowest BCUT2D eigenvalue weighted by molar-refractivity contribution is -0.113. The van der Waals surface area contributed by atoms with E-state index in [-0.39, 0.29) is 5.91 Å². The molecule has 0 aliphatic carbocycles. The molecule has 1 amide bonds. The molecule has 0 unspecified atom stereocenters. The normalized spacial score (nSPS) is 11.0. The molecule has 0 saturated heterocycles. The molecule has 0 fully saturated rings. The minimum Gasteiger partial charge on any atom is -0.463 e. The predicted octanol–water partition coefficient (Wildman–Crippen LogP) is 4.74. The number of benzene rings is 1. The van der Waals surface area contributed by atoms with E-state index in [2.05, 4.69) is 15.3 Å². The van der Waals surface area contributed by atoms with Crippen molar-refractivity contribution in [1.29, 1.82) is 0 Å². The molecule has 0 radical (unpaired) electrons. The summed E-state index contributed by atoms with van der Waals surface area (Å²) in [5, 5.41) is 5.23. The fraction of sp³-hybridized carbons (Fsp3) is 0.0625. The molecule has 4 aromatic rings. The Morgan fingerprint density at radius 1 is 1.21 bits per heavy atom. The Bertz CT molecular complexity index is 942. The zero-order chi connectivity index (χ0) is 16.4. The summed E-state index contributed by atoms with van der Waals surface area (Å²) in [4.78, 5) is 20.9. The van der Waals surface area contributed by atoms with Crippen LogP contribution < -0.4 is 5.32 Å². The van der Waals surface area contributed by atoms with Gasteiger partial charge in [0.15, 0.2) is 15.2 Å². The number of hydrogen-bond acceptors (Lipinski definition) is 7. The quantitative estimate of drug-likeness (QED) is 0.512. The molecule has 0 atom stereocenters. The zero-order valence-electron chi connectivity index (χ0n) is 12.3.